The van der Waals surface area contributed by atoms with Crippen LogP contribution in [0.25, 0.3) is 5.69 Å². The molecule has 0 unspecified atom stereocenters. The van der Waals surface area contributed by atoms with Crippen molar-refractivity contribution in [1.82, 2.24) is 15.0 Å². The third kappa shape index (κ3) is 3.11. The predicted octanol–water partition coefficient (Wildman–Crippen LogP) is 1.99. The molecule has 0 saturated heterocycles. The largest absolute Gasteiger partial charge is 0.365 e. The number of aryl methyl sites for hydroxylation is 1. The molecule has 3 rings (SSSR count). The van der Waals surface area contributed by atoms with Gasteiger partial charge in [0, 0.05) is 10.4 Å². The molecule has 2 amide bonds. The van der Waals surface area contributed by atoms with Crippen molar-refractivity contribution in [2.24, 2.45) is 5.73 Å². The van der Waals surface area contributed by atoms with Crippen molar-refractivity contribution >= 4 is 28.8 Å². The molecule has 0 bridgehead atoms. The van der Waals surface area contributed by atoms with Crippen LogP contribution in [0.5, 0.6) is 0 Å². The van der Waals surface area contributed by atoms with Gasteiger partial charge in [0.2, 0.25) is 0 Å². The van der Waals surface area contributed by atoms with Crippen molar-refractivity contribution in [1.29, 1.82) is 0 Å². The maximum Gasteiger partial charge on any atom is 0.258 e. The summed E-state index contributed by atoms with van der Waals surface area (Å²) in [5, 5.41) is 10.4. The number of anilines is 1. The number of nitrogens with two attached hydrogens (primary N) is 1. The van der Waals surface area contributed by atoms with Crippen LogP contribution in [0, 0.1) is 6.92 Å². The summed E-state index contributed by atoms with van der Waals surface area (Å²) in [5.74, 6) is -0.782. The molecule has 0 saturated carbocycles. The highest BCUT2D eigenvalue weighted by molar-refractivity contribution is 7.14. The van der Waals surface area contributed by atoms with Gasteiger partial charge in [0.1, 0.15) is 0 Å². The van der Waals surface area contributed by atoms with Gasteiger partial charge in [0.05, 0.1) is 28.6 Å². The van der Waals surface area contributed by atoms with E-state index in [4.69, 9.17) is 5.73 Å². The number of thiophene rings is 1. The number of aromatic nitrogens is 3. The first-order valence-corrected chi connectivity index (χ1v) is 7.54. The van der Waals surface area contributed by atoms with Gasteiger partial charge in [-0.2, -0.15) is 0 Å². The number of hydrogen-bond donors (Lipinski definition) is 2. The number of primary amides is 1. The fourth-order valence-corrected chi connectivity index (χ4v) is 2.88. The van der Waals surface area contributed by atoms with E-state index in [1.807, 2.05) is 13.0 Å². The van der Waals surface area contributed by atoms with Gasteiger partial charge in [-0.3, -0.25) is 9.59 Å². The van der Waals surface area contributed by atoms with Gasteiger partial charge in [-0.05, 0) is 31.2 Å². The molecule has 8 heteroatoms. The smallest absolute Gasteiger partial charge is 0.258 e. The molecule has 0 spiro atoms. The lowest BCUT2D eigenvalue weighted by molar-refractivity contribution is 0.0999. The van der Waals surface area contributed by atoms with Crippen LogP contribution in [-0.2, 0) is 0 Å². The fourth-order valence-electron chi connectivity index (χ4n) is 2.06. The summed E-state index contributed by atoms with van der Waals surface area (Å²) in [7, 11) is 0. The molecular formula is C15H13N5O2S. The van der Waals surface area contributed by atoms with E-state index in [0.29, 0.717) is 16.1 Å². The molecule has 0 aliphatic heterocycles. The Bertz CT molecular complexity index is 870. The zero-order chi connectivity index (χ0) is 16.4. The van der Waals surface area contributed by atoms with E-state index in [1.165, 1.54) is 11.3 Å². The van der Waals surface area contributed by atoms with E-state index in [9.17, 15) is 9.59 Å². The molecule has 3 N–H and O–H groups in total. The van der Waals surface area contributed by atoms with Crippen LogP contribution in [-0.4, -0.2) is 26.8 Å². The van der Waals surface area contributed by atoms with Gasteiger partial charge in [0.15, 0.2) is 0 Å². The molecule has 2 heterocycles. The van der Waals surface area contributed by atoms with E-state index in [-0.39, 0.29) is 5.91 Å². The Morgan fingerprint density at radius 2 is 2.13 bits per heavy atom. The molecule has 116 valence electrons. The zero-order valence-electron chi connectivity index (χ0n) is 12.2. The van der Waals surface area contributed by atoms with E-state index < -0.39 is 5.91 Å². The van der Waals surface area contributed by atoms with Gasteiger partial charge in [-0.25, -0.2) is 4.68 Å². The number of nitrogens with one attached hydrogen (secondary N) is 1. The van der Waals surface area contributed by atoms with Crippen molar-refractivity contribution in [3.63, 3.8) is 0 Å². The molecule has 23 heavy (non-hydrogen) atoms. The Kier molecular flexibility index (Phi) is 3.90. The molecule has 0 radical (unpaired) electrons. The maximum atomic E-state index is 12.4. The normalized spacial score (nSPS) is 10.5. The van der Waals surface area contributed by atoms with E-state index in [0.717, 1.165) is 10.6 Å². The lowest BCUT2D eigenvalue weighted by Crippen LogP contribution is -2.13. The standard InChI is InChI=1S/C15H13N5O2S/c1-9-12(8-13(23-9)14(16)21)18-15(22)10-3-2-4-11(7-10)20-6-5-17-19-20/h2-8H,1H3,(H2,16,21)(H,18,22). The third-order valence-corrected chi connectivity index (χ3v) is 4.27. The third-order valence-electron chi connectivity index (χ3n) is 3.20. The van der Waals surface area contributed by atoms with Gasteiger partial charge in [-0.1, -0.05) is 11.3 Å². The van der Waals surface area contributed by atoms with E-state index in [2.05, 4.69) is 15.6 Å². The fraction of sp³-hybridized carbons (Fsp3) is 0.0667. The Balaban J connectivity index is 1.84. The molecular weight excluding hydrogens is 314 g/mol. The first-order chi connectivity index (χ1) is 11.0. The number of rotatable bonds is 4. The lowest BCUT2D eigenvalue weighted by atomic mass is 10.2. The molecule has 7 nitrogen and oxygen atoms in total. The number of carbonyl (C=O) groups excluding carboxylic acids is 2. The van der Waals surface area contributed by atoms with E-state index in [1.54, 1.807) is 41.3 Å². The quantitative estimate of drug-likeness (QED) is 0.765. The minimum absolute atomic E-state index is 0.274. The highest BCUT2D eigenvalue weighted by Crippen LogP contribution is 2.26. The molecule has 3 aromatic rings. The Hall–Kier alpha value is -3.00. The van der Waals surface area contributed by atoms with Crippen LogP contribution < -0.4 is 11.1 Å². The molecule has 0 atom stereocenters. The molecule has 0 aliphatic rings. The Morgan fingerprint density at radius 3 is 2.78 bits per heavy atom. The molecule has 2 aromatic heterocycles. The van der Waals surface area contributed by atoms with E-state index >= 15 is 0 Å². The lowest BCUT2D eigenvalue weighted by Gasteiger charge is -2.06. The second kappa shape index (κ2) is 6.01. The summed E-state index contributed by atoms with van der Waals surface area (Å²) in [6.07, 6.45) is 3.26. The monoisotopic (exact) mass is 327 g/mol. The van der Waals surface area contributed by atoms with Crippen molar-refractivity contribution in [2.75, 3.05) is 5.32 Å². The average Bonchev–Trinajstić information content (AvgIpc) is 3.18. The molecule has 0 aliphatic carbocycles. The van der Waals surface area contributed by atoms with Crippen LogP contribution in [0.1, 0.15) is 24.9 Å². The maximum absolute atomic E-state index is 12.4. The molecule has 1 aromatic carbocycles. The second-order valence-electron chi connectivity index (χ2n) is 4.80. The second-order valence-corrected chi connectivity index (χ2v) is 6.05. The van der Waals surface area contributed by atoms with Crippen molar-refractivity contribution < 1.29 is 9.59 Å². The average molecular weight is 327 g/mol. The zero-order valence-corrected chi connectivity index (χ0v) is 13.0. The number of nitrogens with zero attached hydrogens (tertiary/aromatic N) is 3. The number of carbonyl (C=O) groups is 2. The first-order valence-electron chi connectivity index (χ1n) is 6.73. The summed E-state index contributed by atoms with van der Waals surface area (Å²) < 4.78 is 1.57. The van der Waals surface area contributed by atoms with Gasteiger partial charge in [-0.15, -0.1) is 16.4 Å². The predicted molar refractivity (Wildman–Crippen MR) is 86.9 cm³/mol. The Labute approximate surface area is 135 Å². The minimum atomic E-state index is -0.508. The number of benzene rings is 1. The topological polar surface area (TPSA) is 103 Å². The highest BCUT2D eigenvalue weighted by atomic mass is 32.1. The number of hydrogen-bond acceptors (Lipinski definition) is 5. The summed E-state index contributed by atoms with van der Waals surface area (Å²) in [6.45, 7) is 1.82. The van der Waals surface area contributed by atoms with Crippen molar-refractivity contribution in [2.45, 2.75) is 6.92 Å². The van der Waals surface area contributed by atoms with Crippen LogP contribution in [0.15, 0.2) is 42.7 Å². The summed E-state index contributed by atoms with van der Waals surface area (Å²) in [6, 6.07) is 8.59. The SMILES string of the molecule is Cc1sc(C(N)=O)cc1NC(=O)c1cccc(-n2ccnn2)c1. The van der Waals surface area contributed by atoms with Gasteiger partial charge in [0.25, 0.3) is 11.8 Å². The van der Waals surface area contributed by atoms with Crippen LogP contribution >= 0.6 is 11.3 Å². The Morgan fingerprint density at radius 1 is 1.30 bits per heavy atom. The van der Waals surface area contributed by atoms with Crippen molar-refractivity contribution in [3.8, 4) is 5.69 Å². The van der Waals surface area contributed by atoms with Crippen LogP contribution in [0.2, 0.25) is 0 Å². The summed E-state index contributed by atoms with van der Waals surface area (Å²) in [5.41, 5.74) is 7.05. The van der Waals surface area contributed by atoms with Crippen LogP contribution in [0.4, 0.5) is 5.69 Å². The van der Waals surface area contributed by atoms with Crippen molar-refractivity contribution in [3.05, 3.63) is 58.0 Å². The van der Waals surface area contributed by atoms with Crippen LogP contribution in [0.3, 0.4) is 0 Å². The molecule has 0 fully saturated rings. The highest BCUT2D eigenvalue weighted by Gasteiger charge is 2.13. The number of amides is 2. The minimum Gasteiger partial charge on any atom is -0.365 e. The van der Waals surface area contributed by atoms with Gasteiger partial charge < -0.3 is 11.1 Å². The summed E-state index contributed by atoms with van der Waals surface area (Å²) >= 11 is 1.25. The summed E-state index contributed by atoms with van der Waals surface area (Å²) in [4.78, 5) is 24.8. The first kappa shape index (κ1) is 14.9. The van der Waals surface area contributed by atoms with Gasteiger partial charge >= 0.3 is 0 Å².